The van der Waals surface area contributed by atoms with E-state index in [1.165, 1.54) is 17.7 Å². The third-order valence-electron chi connectivity index (χ3n) is 5.58. The summed E-state index contributed by atoms with van der Waals surface area (Å²) in [5.41, 5.74) is 3.24. The van der Waals surface area contributed by atoms with Gasteiger partial charge >= 0.3 is 0 Å². The van der Waals surface area contributed by atoms with Crippen molar-refractivity contribution in [2.24, 2.45) is 5.92 Å². The van der Waals surface area contributed by atoms with Gasteiger partial charge in [0.1, 0.15) is 0 Å². The highest BCUT2D eigenvalue weighted by molar-refractivity contribution is 6.03. The Labute approximate surface area is 158 Å². The predicted octanol–water partition coefficient (Wildman–Crippen LogP) is 2.65. The van der Waals surface area contributed by atoms with Crippen molar-refractivity contribution in [1.82, 2.24) is 4.90 Å². The Kier molecular flexibility index (Phi) is 4.72. The van der Waals surface area contributed by atoms with Crippen LogP contribution in [0.1, 0.15) is 27.9 Å². The molecule has 2 aromatic carbocycles. The smallest absolute Gasteiger partial charge is 0.169 e. The Balaban J connectivity index is 1.43. The number of nitrogens with zero attached hydrogens (tertiary/aromatic N) is 1. The van der Waals surface area contributed by atoms with Gasteiger partial charge in [0.15, 0.2) is 17.3 Å². The third kappa shape index (κ3) is 3.48. The van der Waals surface area contributed by atoms with E-state index < -0.39 is 12.0 Å². The molecule has 1 aliphatic heterocycles. The van der Waals surface area contributed by atoms with Gasteiger partial charge in [0.2, 0.25) is 0 Å². The molecule has 0 radical (unpaired) electrons. The highest BCUT2D eigenvalue weighted by Gasteiger charge is 2.38. The Morgan fingerprint density at radius 3 is 2.56 bits per heavy atom. The second kappa shape index (κ2) is 7.18. The molecule has 0 amide bonds. The molecule has 0 bridgehead atoms. The topological polar surface area (TPSA) is 81.0 Å². The molecule has 0 fully saturated rings. The lowest BCUT2D eigenvalue weighted by molar-refractivity contribution is 0.0773. The Hall–Kier alpha value is -2.63. The van der Waals surface area contributed by atoms with Crippen LogP contribution in [0.25, 0.3) is 0 Å². The van der Waals surface area contributed by atoms with Crippen molar-refractivity contribution >= 4 is 5.78 Å². The molecule has 1 heterocycles. The highest BCUT2D eigenvalue weighted by Crippen LogP contribution is 2.38. The molecule has 2 aliphatic rings. The lowest BCUT2D eigenvalue weighted by Gasteiger charge is -2.29. The molecular weight excluding hydrogens is 342 g/mol. The maximum atomic E-state index is 12.7. The fourth-order valence-electron chi connectivity index (χ4n) is 4.04. The normalized spacial score (nSPS) is 21.0. The van der Waals surface area contributed by atoms with Gasteiger partial charge in [-0.25, -0.2) is 0 Å². The molecule has 4 rings (SSSR count). The van der Waals surface area contributed by atoms with Crippen LogP contribution in [0.4, 0.5) is 0 Å². The van der Waals surface area contributed by atoms with Gasteiger partial charge in [-0.15, -0.1) is 0 Å². The van der Waals surface area contributed by atoms with E-state index in [0.717, 1.165) is 31.6 Å². The van der Waals surface area contributed by atoms with Gasteiger partial charge in [-0.05, 0) is 41.7 Å². The van der Waals surface area contributed by atoms with Crippen LogP contribution in [0.3, 0.4) is 0 Å². The first kappa shape index (κ1) is 17.8. The summed E-state index contributed by atoms with van der Waals surface area (Å²) in [6.45, 7) is 2.46. The second-order valence-electron chi connectivity index (χ2n) is 7.37. The number of Topliss-reactive ketones (excluding diaryl/α,β-unsaturated/α-hetero) is 1. The van der Waals surface area contributed by atoms with Crippen LogP contribution in [0.2, 0.25) is 0 Å². The van der Waals surface area contributed by atoms with E-state index in [9.17, 15) is 20.1 Å². The number of aromatic hydroxyl groups is 2. The number of phenolic OH excluding ortho intramolecular Hbond substituents is 2. The molecule has 0 saturated carbocycles. The summed E-state index contributed by atoms with van der Waals surface area (Å²) in [6, 6.07) is 13.0. The van der Waals surface area contributed by atoms with Crippen molar-refractivity contribution in [3.63, 3.8) is 0 Å². The van der Waals surface area contributed by atoms with Crippen molar-refractivity contribution in [3.05, 3.63) is 70.8 Å². The molecule has 5 heteroatoms. The maximum absolute atomic E-state index is 12.7. The number of hydrogen-bond donors (Lipinski definition) is 3. The van der Waals surface area contributed by atoms with Crippen LogP contribution in [-0.2, 0) is 13.0 Å². The number of ketones is 1. The number of aliphatic hydroxyl groups excluding tert-OH is 1. The number of carbonyl (C=O) groups excluding carboxylic acids is 1. The van der Waals surface area contributed by atoms with Gasteiger partial charge in [-0.3, -0.25) is 9.69 Å². The molecule has 2 atom stereocenters. The number of benzene rings is 2. The number of rotatable bonds is 4. The molecule has 5 nitrogen and oxygen atoms in total. The average Bonchev–Trinajstić information content (AvgIpc) is 2.99. The zero-order valence-corrected chi connectivity index (χ0v) is 15.0. The molecule has 3 N–H and O–H groups in total. The first-order chi connectivity index (χ1) is 13.0. The summed E-state index contributed by atoms with van der Waals surface area (Å²) in [6.07, 6.45) is 2.31. The van der Waals surface area contributed by atoms with E-state index in [0.29, 0.717) is 17.5 Å². The molecule has 0 spiro atoms. The van der Waals surface area contributed by atoms with Crippen LogP contribution >= 0.6 is 0 Å². The minimum atomic E-state index is -0.826. The van der Waals surface area contributed by atoms with Crippen LogP contribution in [-0.4, -0.2) is 45.2 Å². The fourth-order valence-corrected chi connectivity index (χ4v) is 4.04. The van der Waals surface area contributed by atoms with E-state index in [2.05, 4.69) is 17.0 Å². The zero-order valence-electron chi connectivity index (χ0n) is 15.0. The molecule has 2 aromatic rings. The fraction of sp³-hybridized carbons (Fsp3) is 0.318. The third-order valence-corrected chi connectivity index (χ3v) is 5.58. The van der Waals surface area contributed by atoms with Crippen molar-refractivity contribution < 1.29 is 20.1 Å². The van der Waals surface area contributed by atoms with Gasteiger partial charge in [0, 0.05) is 25.2 Å². The van der Waals surface area contributed by atoms with Crippen LogP contribution < -0.4 is 0 Å². The highest BCUT2D eigenvalue weighted by atomic mass is 16.3. The van der Waals surface area contributed by atoms with Crippen LogP contribution in [0.5, 0.6) is 11.5 Å². The first-order valence-electron chi connectivity index (χ1n) is 9.25. The lowest BCUT2D eigenvalue weighted by Crippen LogP contribution is -2.34. The van der Waals surface area contributed by atoms with Gasteiger partial charge in [0.05, 0.1) is 12.0 Å². The summed E-state index contributed by atoms with van der Waals surface area (Å²) >= 11 is 0. The zero-order chi connectivity index (χ0) is 19.0. The standard InChI is InChI=1S/C22H23NO4/c24-19-11-16-10-18(22(27)17(16)12-20(19)25)21(26)15-6-8-23(9-7-15)13-14-4-2-1-3-5-14/h1-6,11-12,18,21,24-26H,7-10,13H2. The number of phenols is 2. The van der Waals surface area contributed by atoms with Crippen molar-refractivity contribution in [2.75, 3.05) is 13.1 Å². The Morgan fingerprint density at radius 1 is 1.11 bits per heavy atom. The second-order valence-corrected chi connectivity index (χ2v) is 7.37. The van der Waals surface area contributed by atoms with E-state index in [4.69, 9.17) is 0 Å². The molecule has 0 aromatic heterocycles. The Morgan fingerprint density at radius 2 is 1.85 bits per heavy atom. The molecule has 1 aliphatic carbocycles. The van der Waals surface area contributed by atoms with Crippen molar-refractivity contribution in [2.45, 2.75) is 25.5 Å². The largest absolute Gasteiger partial charge is 0.504 e. The van der Waals surface area contributed by atoms with Gasteiger partial charge < -0.3 is 15.3 Å². The van der Waals surface area contributed by atoms with E-state index in [-0.39, 0.29) is 17.3 Å². The summed E-state index contributed by atoms with van der Waals surface area (Å²) < 4.78 is 0. The van der Waals surface area contributed by atoms with Crippen LogP contribution in [0, 0.1) is 5.92 Å². The minimum absolute atomic E-state index is 0.166. The Bertz CT molecular complexity index is 891. The van der Waals surface area contributed by atoms with Gasteiger partial charge in [0.25, 0.3) is 0 Å². The van der Waals surface area contributed by atoms with Gasteiger partial charge in [-0.2, -0.15) is 0 Å². The van der Waals surface area contributed by atoms with E-state index >= 15 is 0 Å². The summed E-state index contributed by atoms with van der Waals surface area (Å²) in [5.74, 6) is -1.25. The molecule has 140 valence electrons. The maximum Gasteiger partial charge on any atom is 0.169 e. The predicted molar refractivity (Wildman–Crippen MR) is 102 cm³/mol. The quantitative estimate of drug-likeness (QED) is 0.573. The first-order valence-corrected chi connectivity index (χ1v) is 9.25. The minimum Gasteiger partial charge on any atom is -0.504 e. The van der Waals surface area contributed by atoms with Gasteiger partial charge in [-0.1, -0.05) is 36.4 Å². The molecule has 2 unspecified atom stereocenters. The number of aliphatic hydroxyl groups is 1. The van der Waals surface area contributed by atoms with Crippen molar-refractivity contribution in [1.29, 1.82) is 0 Å². The summed E-state index contributed by atoms with van der Waals surface area (Å²) in [7, 11) is 0. The number of carbonyl (C=O) groups is 1. The van der Waals surface area contributed by atoms with Crippen molar-refractivity contribution in [3.8, 4) is 11.5 Å². The van der Waals surface area contributed by atoms with E-state index in [1.807, 2.05) is 24.3 Å². The monoisotopic (exact) mass is 365 g/mol. The molecule has 27 heavy (non-hydrogen) atoms. The van der Waals surface area contributed by atoms with E-state index in [1.54, 1.807) is 0 Å². The SMILES string of the molecule is O=C1c2cc(O)c(O)cc2CC1C(O)C1=CCN(Cc2ccccc2)CC1. The summed E-state index contributed by atoms with van der Waals surface area (Å²) in [4.78, 5) is 15.0. The summed E-state index contributed by atoms with van der Waals surface area (Å²) in [5, 5.41) is 30.1. The number of fused-ring (bicyclic) bond motifs is 1. The average molecular weight is 365 g/mol. The number of hydrogen-bond acceptors (Lipinski definition) is 5. The van der Waals surface area contributed by atoms with Crippen LogP contribution in [0.15, 0.2) is 54.1 Å². The molecular formula is C22H23NO4. The lowest BCUT2D eigenvalue weighted by atomic mass is 9.89. The molecule has 0 saturated heterocycles.